The van der Waals surface area contributed by atoms with Crippen LogP contribution in [0.4, 0.5) is 11.4 Å². The van der Waals surface area contributed by atoms with E-state index >= 15 is 0 Å². The van der Waals surface area contributed by atoms with Gasteiger partial charge in [-0.05, 0) is 67.4 Å². The lowest BCUT2D eigenvalue weighted by Crippen LogP contribution is -2.32. The fourth-order valence-corrected chi connectivity index (χ4v) is 4.36. The molecule has 0 radical (unpaired) electrons. The Bertz CT molecular complexity index is 1210. The van der Waals surface area contributed by atoms with Crippen LogP contribution in [0.1, 0.15) is 18.9 Å². The third-order valence-electron chi connectivity index (χ3n) is 4.71. The minimum Gasteiger partial charge on any atom is -0.479 e. The van der Waals surface area contributed by atoms with Crippen molar-refractivity contribution in [3.8, 4) is 5.75 Å². The maximum Gasteiger partial charge on any atom is 0.265 e. The number of hydrogen-bond donors (Lipinski definition) is 2. The molecule has 1 atom stereocenters. The minimum atomic E-state index is -3.82. The van der Waals surface area contributed by atoms with Crippen molar-refractivity contribution in [1.29, 1.82) is 0 Å². The van der Waals surface area contributed by atoms with E-state index in [0.29, 0.717) is 39.2 Å². The third kappa shape index (κ3) is 5.73. The van der Waals surface area contributed by atoms with E-state index < -0.39 is 16.1 Å². The van der Waals surface area contributed by atoms with E-state index in [1.54, 1.807) is 49.4 Å². The molecule has 32 heavy (non-hydrogen) atoms. The van der Waals surface area contributed by atoms with Gasteiger partial charge in [-0.2, -0.15) is 0 Å². The summed E-state index contributed by atoms with van der Waals surface area (Å²) < 4.78 is 33.7. The first kappa shape index (κ1) is 23.9. The Labute approximate surface area is 197 Å². The Balaban J connectivity index is 1.70. The van der Waals surface area contributed by atoms with Crippen LogP contribution >= 0.6 is 23.2 Å². The quantitative estimate of drug-likeness (QED) is 0.409. The number of sulfonamides is 1. The Morgan fingerprint density at radius 1 is 0.969 bits per heavy atom. The van der Waals surface area contributed by atoms with Gasteiger partial charge in [-0.15, -0.1) is 0 Å². The Morgan fingerprint density at radius 2 is 1.62 bits per heavy atom. The van der Waals surface area contributed by atoms with Gasteiger partial charge in [-0.1, -0.05) is 48.3 Å². The summed E-state index contributed by atoms with van der Waals surface area (Å²) >= 11 is 12.2. The molecule has 2 N–H and O–H groups in total. The molecule has 3 rings (SSSR count). The fraction of sp³-hybridized carbons (Fsp3) is 0.174. The highest BCUT2D eigenvalue weighted by Crippen LogP contribution is 2.27. The molecule has 3 aromatic rings. The second-order valence-corrected chi connectivity index (χ2v) is 9.47. The van der Waals surface area contributed by atoms with E-state index in [-0.39, 0.29) is 10.8 Å². The molecule has 0 heterocycles. The van der Waals surface area contributed by atoms with E-state index in [4.69, 9.17) is 27.9 Å². The van der Waals surface area contributed by atoms with Crippen LogP contribution in [-0.4, -0.2) is 20.4 Å². The first-order chi connectivity index (χ1) is 15.2. The average Bonchev–Trinajstić information content (AvgIpc) is 2.76. The first-order valence-corrected chi connectivity index (χ1v) is 12.0. The molecule has 3 aromatic carbocycles. The average molecular weight is 493 g/mol. The molecule has 0 aliphatic rings. The van der Waals surface area contributed by atoms with Gasteiger partial charge in [0.15, 0.2) is 6.10 Å². The predicted molar refractivity (Wildman–Crippen MR) is 128 cm³/mol. The predicted octanol–water partition coefficient (Wildman–Crippen LogP) is 5.90. The smallest absolute Gasteiger partial charge is 0.265 e. The number of carbonyl (C=O) groups is 1. The Morgan fingerprint density at radius 3 is 2.28 bits per heavy atom. The lowest BCUT2D eigenvalue weighted by Gasteiger charge is -2.18. The molecule has 0 aliphatic carbocycles. The zero-order valence-electron chi connectivity index (χ0n) is 17.4. The number of nitrogens with one attached hydrogen (secondary N) is 2. The SMILES string of the molecule is CC[C@H](Oc1ccccc1Cl)C(=O)Nc1ccc(S(=O)(=O)Nc2cccc(Cl)c2C)cc1. The van der Waals surface area contributed by atoms with Gasteiger partial charge in [0.05, 0.1) is 15.6 Å². The number of amides is 1. The van der Waals surface area contributed by atoms with Crippen molar-refractivity contribution < 1.29 is 17.9 Å². The highest BCUT2D eigenvalue weighted by molar-refractivity contribution is 7.92. The summed E-state index contributed by atoms with van der Waals surface area (Å²) in [6.45, 7) is 3.55. The molecule has 0 spiro atoms. The third-order valence-corrected chi connectivity index (χ3v) is 6.82. The topological polar surface area (TPSA) is 84.5 Å². The van der Waals surface area contributed by atoms with Gasteiger partial charge in [0.2, 0.25) is 0 Å². The van der Waals surface area contributed by atoms with Crippen LogP contribution < -0.4 is 14.8 Å². The number of anilines is 2. The lowest BCUT2D eigenvalue weighted by atomic mass is 10.2. The van der Waals surface area contributed by atoms with Crippen LogP contribution in [0, 0.1) is 6.92 Å². The monoisotopic (exact) mass is 492 g/mol. The van der Waals surface area contributed by atoms with E-state index in [1.807, 2.05) is 6.92 Å². The molecular formula is C23H22Cl2N2O4S. The molecule has 0 aliphatic heterocycles. The standard InChI is InChI=1S/C23H22Cl2N2O4S/c1-3-21(31-22-10-5-4-7-19(22)25)23(28)26-16-11-13-17(14-12-16)32(29,30)27-20-9-6-8-18(24)15(20)2/h4-14,21,27H,3H2,1-2H3,(H,26,28)/t21-/m0/s1. The van der Waals surface area contributed by atoms with Gasteiger partial charge in [0.25, 0.3) is 15.9 Å². The molecule has 0 unspecified atom stereocenters. The van der Waals surface area contributed by atoms with Crippen LogP contribution in [0.3, 0.4) is 0 Å². The number of ether oxygens (including phenoxy) is 1. The number of benzene rings is 3. The van der Waals surface area contributed by atoms with Crippen LogP contribution in [0.15, 0.2) is 71.6 Å². The summed E-state index contributed by atoms with van der Waals surface area (Å²) in [5.41, 5.74) is 1.47. The van der Waals surface area contributed by atoms with Gasteiger partial charge in [0.1, 0.15) is 5.75 Å². The summed E-state index contributed by atoms with van der Waals surface area (Å²) in [6, 6.07) is 17.7. The maximum atomic E-state index is 12.7. The van der Waals surface area contributed by atoms with Crippen molar-refractivity contribution in [2.45, 2.75) is 31.3 Å². The number of hydrogen-bond acceptors (Lipinski definition) is 4. The van der Waals surface area contributed by atoms with Crippen LogP contribution in [-0.2, 0) is 14.8 Å². The zero-order chi connectivity index (χ0) is 23.3. The Kier molecular flexibility index (Phi) is 7.66. The zero-order valence-corrected chi connectivity index (χ0v) is 19.8. The summed E-state index contributed by atoms with van der Waals surface area (Å²) in [5, 5.41) is 3.62. The van der Waals surface area contributed by atoms with Gasteiger partial charge in [0, 0.05) is 10.7 Å². The second-order valence-electron chi connectivity index (χ2n) is 6.98. The van der Waals surface area contributed by atoms with E-state index in [1.165, 1.54) is 24.3 Å². The molecule has 0 aromatic heterocycles. The van der Waals surface area contributed by atoms with E-state index in [2.05, 4.69) is 10.0 Å². The van der Waals surface area contributed by atoms with E-state index in [9.17, 15) is 13.2 Å². The number of para-hydroxylation sites is 1. The lowest BCUT2D eigenvalue weighted by molar-refractivity contribution is -0.122. The number of carbonyl (C=O) groups excluding carboxylic acids is 1. The normalized spacial score (nSPS) is 12.1. The van der Waals surface area contributed by atoms with Gasteiger partial charge in [-0.25, -0.2) is 8.42 Å². The first-order valence-electron chi connectivity index (χ1n) is 9.81. The molecular weight excluding hydrogens is 471 g/mol. The van der Waals surface area contributed by atoms with Crippen molar-refractivity contribution in [3.05, 3.63) is 82.3 Å². The Hall–Kier alpha value is -2.74. The second kappa shape index (κ2) is 10.3. The van der Waals surface area contributed by atoms with Crippen molar-refractivity contribution in [2.75, 3.05) is 10.0 Å². The van der Waals surface area contributed by atoms with Gasteiger partial charge < -0.3 is 10.1 Å². The summed E-state index contributed by atoms with van der Waals surface area (Å²) in [5.74, 6) is 0.0516. The highest BCUT2D eigenvalue weighted by Gasteiger charge is 2.20. The van der Waals surface area contributed by atoms with Crippen molar-refractivity contribution in [2.24, 2.45) is 0 Å². The van der Waals surface area contributed by atoms with Crippen LogP contribution in [0.5, 0.6) is 5.75 Å². The summed E-state index contributed by atoms with van der Waals surface area (Å²) in [4.78, 5) is 12.7. The fourth-order valence-electron chi connectivity index (χ4n) is 2.88. The largest absolute Gasteiger partial charge is 0.479 e. The van der Waals surface area contributed by atoms with Crippen molar-refractivity contribution >= 4 is 50.5 Å². The molecule has 9 heteroatoms. The molecule has 6 nitrogen and oxygen atoms in total. The number of rotatable bonds is 8. The van der Waals surface area contributed by atoms with Crippen molar-refractivity contribution in [1.82, 2.24) is 0 Å². The summed E-state index contributed by atoms with van der Waals surface area (Å²) in [7, 11) is -3.82. The van der Waals surface area contributed by atoms with Crippen molar-refractivity contribution in [3.63, 3.8) is 0 Å². The van der Waals surface area contributed by atoms with Crippen LogP contribution in [0.2, 0.25) is 10.0 Å². The minimum absolute atomic E-state index is 0.0502. The molecule has 0 fully saturated rings. The molecule has 0 bridgehead atoms. The molecule has 0 saturated heterocycles. The molecule has 168 valence electrons. The van der Waals surface area contributed by atoms with Gasteiger partial charge >= 0.3 is 0 Å². The maximum absolute atomic E-state index is 12.7. The van der Waals surface area contributed by atoms with Gasteiger partial charge in [-0.3, -0.25) is 9.52 Å². The summed E-state index contributed by atoms with van der Waals surface area (Å²) in [6.07, 6.45) is -0.335. The highest BCUT2D eigenvalue weighted by atomic mass is 35.5. The molecule has 0 saturated carbocycles. The number of halogens is 2. The van der Waals surface area contributed by atoms with E-state index in [0.717, 1.165) is 0 Å². The van der Waals surface area contributed by atoms with Crippen LogP contribution in [0.25, 0.3) is 0 Å². The molecule has 1 amide bonds.